The van der Waals surface area contributed by atoms with E-state index in [-0.39, 0.29) is 33.9 Å². The summed E-state index contributed by atoms with van der Waals surface area (Å²) in [6.45, 7) is 1.26. The van der Waals surface area contributed by atoms with Gasteiger partial charge >= 0.3 is 0 Å². The number of phenols is 2. The van der Waals surface area contributed by atoms with Gasteiger partial charge in [-0.1, -0.05) is 6.07 Å². The second-order valence-electron chi connectivity index (χ2n) is 5.46. The predicted molar refractivity (Wildman–Crippen MR) is 86.1 cm³/mol. The van der Waals surface area contributed by atoms with Crippen molar-refractivity contribution in [3.63, 3.8) is 0 Å². The Bertz CT molecular complexity index is 895. The van der Waals surface area contributed by atoms with Gasteiger partial charge < -0.3 is 14.9 Å². The average Bonchev–Trinajstić information content (AvgIpc) is 2.60. The first kappa shape index (κ1) is 19.8. The van der Waals surface area contributed by atoms with E-state index in [9.17, 15) is 33.4 Å². The highest BCUT2D eigenvalue weighted by Crippen LogP contribution is 2.28. The molecule has 2 rings (SSSR count). The Balaban J connectivity index is 2.39. The van der Waals surface area contributed by atoms with E-state index < -0.39 is 35.3 Å². The van der Waals surface area contributed by atoms with Crippen LogP contribution in [0.5, 0.6) is 11.5 Å². The van der Waals surface area contributed by atoms with E-state index in [4.69, 9.17) is 5.84 Å². The number of hydrazine groups is 1. The summed E-state index contributed by atoms with van der Waals surface area (Å²) in [6, 6.07) is 4.32. The Kier molecular flexibility index (Phi) is 5.71. The molecule has 0 saturated carbocycles. The van der Waals surface area contributed by atoms with E-state index in [0.717, 1.165) is 18.2 Å². The maximum atomic E-state index is 13.4. The van der Waals surface area contributed by atoms with Crippen molar-refractivity contribution in [1.82, 2.24) is 5.01 Å². The van der Waals surface area contributed by atoms with Gasteiger partial charge in [0.15, 0.2) is 11.6 Å². The fourth-order valence-corrected chi connectivity index (χ4v) is 2.39. The van der Waals surface area contributed by atoms with Crippen LogP contribution in [0.3, 0.4) is 0 Å². The minimum absolute atomic E-state index is 0.0640. The van der Waals surface area contributed by atoms with Crippen LogP contribution in [-0.2, 0) is 14.3 Å². The number of phenolic OH excluding ortho intramolecular Hbond substituents is 2. The van der Waals surface area contributed by atoms with E-state index in [0.29, 0.717) is 12.1 Å². The minimum Gasteiger partial charge on any atom is -0.508 e. The molecule has 2 aromatic rings. The molecule has 0 spiro atoms. The van der Waals surface area contributed by atoms with Crippen molar-refractivity contribution in [3.05, 3.63) is 58.7 Å². The van der Waals surface area contributed by atoms with Crippen molar-refractivity contribution in [3.8, 4) is 11.5 Å². The number of hydrogen-bond donors (Lipinski definition) is 3. The van der Waals surface area contributed by atoms with E-state index in [1.165, 1.54) is 6.92 Å². The number of aromatic hydroxyl groups is 2. The molecule has 0 fully saturated rings. The van der Waals surface area contributed by atoms with Gasteiger partial charge in [-0.25, -0.2) is 19.6 Å². The second kappa shape index (κ2) is 7.79. The molecule has 0 saturated heterocycles. The summed E-state index contributed by atoms with van der Waals surface area (Å²) in [6.07, 6.45) is -1.83. The molecule has 2 amide bonds. The Labute approximate surface area is 151 Å². The number of nitrogens with zero attached hydrogens (tertiary/aromatic N) is 1. The number of nitrogens with two attached hydrogens (primary N) is 1. The Morgan fingerprint density at radius 1 is 1.19 bits per heavy atom. The lowest BCUT2D eigenvalue weighted by Crippen LogP contribution is -2.46. The molecule has 0 heterocycles. The van der Waals surface area contributed by atoms with Gasteiger partial charge in [-0.2, -0.15) is 0 Å². The third-order valence-corrected chi connectivity index (χ3v) is 3.63. The van der Waals surface area contributed by atoms with Crippen LogP contribution in [0, 0.1) is 18.6 Å². The van der Waals surface area contributed by atoms with Crippen molar-refractivity contribution in [2.75, 3.05) is 0 Å². The van der Waals surface area contributed by atoms with Crippen LogP contribution < -0.4 is 5.84 Å². The van der Waals surface area contributed by atoms with Gasteiger partial charge in [0, 0.05) is 11.6 Å². The zero-order valence-corrected chi connectivity index (χ0v) is 13.8. The number of ether oxygens (including phenoxy) is 1. The number of amides is 2. The molecule has 8 nitrogen and oxygen atoms in total. The van der Waals surface area contributed by atoms with Crippen LogP contribution in [0.15, 0.2) is 30.3 Å². The average molecular weight is 380 g/mol. The number of carbonyl (C=O) groups is 3. The number of carbonyl (C=O) groups excluding carboxylic acids is 3. The standard InChI is InChI=1S/C17H14F2N2O6/c1-8-4-10(23)6-13(24)14(8)16(25)21(20)17(26)15(27-7-22)9-2-3-11(18)12(19)5-9/h2-7,15,23-24H,20H2,1H3. The van der Waals surface area contributed by atoms with Gasteiger partial charge in [-0.3, -0.25) is 14.4 Å². The molecule has 0 aliphatic heterocycles. The summed E-state index contributed by atoms with van der Waals surface area (Å²) >= 11 is 0. The summed E-state index contributed by atoms with van der Waals surface area (Å²) < 4.78 is 31.1. The van der Waals surface area contributed by atoms with E-state index in [2.05, 4.69) is 4.74 Å². The zero-order chi connectivity index (χ0) is 20.3. The molecule has 0 radical (unpaired) electrons. The molecule has 27 heavy (non-hydrogen) atoms. The fraction of sp³-hybridized carbons (Fsp3) is 0.118. The van der Waals surface area contributed by atoms with Crippen molar-refractivity contribution in [1.29, 1.82) is 0 Å². The summed E-state index contributed by atoms with van der Waals surface area (Å²) in [4.78, 5) is 35.6. The van der Waals surface area contributed by atoms with Gasteiger partial charge in [0.2, 0.25) is 6.10 Å². The van der Waals surface area contributed by atoms with Crippen LogP contribution in [0.1, 0.15) is 27.6 Å². The zero-order valence-electron chi connectivity index (χ0n) is 13.8. The van der Waals surface area contributed by atoms with Crippen molar-refractivity contribution < 1.29 is 38.1 Å². The highest BCUT2D eigenvalue weighted by molar-refractivity contribution is 6.07. The molecule has 4 N–H and O–H groups in total. The minimum atomic E-state index is -1.83. The lowest BCUT2D eigenvalue weighted by atomic mass is 10.0. The molecular formula is C17H14F2N2O6. The number of hydrogen-bond acceptors (Lipinski definition) is 7. The van der Waals surface area contributed by atoms with Gasteiger partial charge in [-0.15, -0.1) is 0 Å². The Morgan fingerprint density at radius 2 is 1.85 bits per heavy atom. The molecular weight excluding hydrogens is 366 g/mol. The van der Waals surface area contributed by atoms with Crippen LogP contribution in [0.4, 0.5) is 8.78 Å². The molecule has 142 valence electrons. The maximum absolute atomic E-state index is 13.4. The number of rotatable bonds is 5. The quantitative estimate of drug-likeness (QED) is 0.310. The summed E-state index contributed by atoms with van der Waals surface area (Å²) in [5.41, 5.74) is -0.527. The predicted octanol–water partition coefficient (Wildman–Crippen LogP) is 1.44. The lowest BCUT2D eigenvalue weighted by Gasteiger charge is -2.22. The maximum Gasteiger partial charge on any atom is 0.294 e. The van der Waals surface area contributed by atoms with E-state index in [1.807, 2.05) is 0 Å². The van der Waals surface area contributed by atoms with Gasteiger partial charge in [0.1, 0.15) is 11.5 Å². The summed E-state index contributed by atoms with van der Waals surface area (Å²) in [5, 5.41) is 19.3. The van der Waals surface area contributed by atoms with E-state index >= 15 is 0 Å². The third-order valence-electron chi connectivity index (χ3n) is 3.63. The first-order valence-electron chi connectivity index (χ1n) is 7.37. The molecule has 0 aliphatic rings. The molecule has 10 heteroatoms. The summed E-state index contributed by atoms with van der Waals surface area (Å²) in [5.74, 6) is -0.394. The van der Waals surface area contributed by atoms with Crippen LogP contribution in [0.25, 0.3) is 0 Å². The molecule has 2 aromatic carbocycles. The smallest absolute Gasteiger partial charge is 0.294 e. The number of benzene rings is 2. The Hall–Kier alpha value is -3.53. The van der Waals surface area contributed by atoms with Crippen LogP contribution in [0.2, 0.25) is 0 Å². The topological polar surface area (TPSA) is 130 Å². The van der Waals surface area contributed by atoms with Crippen molar-refractivity contribution in [2.45, 2.75) is 13.0 Å². The monoisotopic (exact) mass is 380 g/mol. The van der Waals surface area contributed by atoms with Gasteiger partial charge in [0.05, 0.1) is 5.56 Å². The van der Waals surface area contributed by atoms with E-state index in [1.54, 1.807) is 0 Å². The van der Waals surface area contributed by atoms with Crippen LogP contribution in [-0.4, -0.2) is 33.5 Å². The third kappa shape index (κ3) is 4.01. The highest BCUT2D eigenvalue weighted by Gasteiger charge is 2.32. The highest BCUT2D eigenvalue weighted by atomic mass is 19.2. The molecule has 1 unspecified atom stereocenters. The van der Waals surface area contributed by atoms with Gasteiger partial charge in [0.25, 0.3) is 18.3 Å². The van der Waals surface area contributed by atoms with Gasteiger partial charge in [-0.05, 0) is 30.7 Å². The molecule has 0 bridgehead atoms. The number of halogens is 2. The Morgan fingerprint density at radius 3 is 2.41 bits per heavy atom. The largest absolute Gasteiger partial charge is 0.508 e. The van der Waals surface area contributed by atoms with Crippen LogP contribution >= 0.6 is 0 Å². The molecule has 0 aliphatic carbocycles. The van der Waals surface area contributed by atoms with Crippen molar-refractivity contribution >= 4 is 18.3 Å². The number of aryl methyl sites for hydroxylation is 1. The molecule has 0 aromatic heterocycles. The second-order valence-corrected chi connectivity index (χ2v) is 5.46. The fourth-order valence-electron chi connectivity index (χ4n) is 2.39. The number of imide groups is 1. The normalized spacial score (nSPS) is 11.6. The van der Waals surface area contributed by atoms with Crippen molar-refractivity contribution in [2.24, 2.45) is 5.84 Å². The SMILES string of the molecule is Cc1cc(O)cc(O)c1C(=O)N(N)C(=O)C(OC=O)c1ccc(F)c(F)c1. The first-order valence-corrected chi connectivity index (χ1v) is 7.37. The molecule has 1 atom stereocenters. The lowest BCUT2D eigenvalue weighted by molar-refractivity contribution is -0.150. The summed E-state index contributed by atoms with van der Waals surface area (Å²) in [7, 11) is 0. The first-order chi connectivity index (χ1) is 12.7.